The molecular weight excluding hydrogens is 468 g/mol. The number of ether oxygens (including phenoxy) is 2. The third kappa shape index (κ3) is 8.17. The van der Waals surface area contributed by atoms with Crippen molar-refractivity contribution in [3.63, 3.8) is 0 Å². The molecule has 0 saturated heterocycles. The van der Waals surface area contributed by atoms with Crippen LogP contribution in [-0.2, 0) is 9.53 Å². The van der Waals surface area contributed by atoms with E-state index in [0.29, 0.717) is 39.1 Å². The summed E-state index contributed by atoms with van der Waals surface area (Å²) in [5.74, 6) is 0.545. The highest BCUT2D eigenvalue weighted by Crippen LogP contribution is 2.31. The van der Waals surface area contributed by atoms with Crippen molar-refractivity contribution >= 4 is 22.9 Å². The molecule has 0 unspecified atom stereocenters. The lowest BCUT2D eigenvalue weighted by molar-refractivity contribution is -0.530. The van der Waals surface area contributed by atoms with E-state index >= 15 is 0 Å². The van der Waals surface area contributed by atoms with Gasteiger partial charge in [-0.3, -0.25) is 4.79 Å². The maximum absolute atomic E-state index is 11.5. The molecule has 0 saturated carbocycles. The molecule has 0 spiro atoms. The summed E-state index contributed by atoms with van der Waals surface area (Å²) in [6.07, 6.45) is 9.12. The average Bonchev–Trinajstić information content (AvgIpc) is 2.93. The van der Waals surface area contributed by atoms with Crippen molar-refractivity contribution in [2.45, 2.75) is 19.8 Å². The number of hydrogen-bond donors (Lipinski definition) is 3. The Balaban J connectivity index is 1.86. The Kier molecular flexibility index (Phi) is 11.1. The average molecular weight is 506 g/mol. The summed E-state index contributed by atoms with van der Waals surface area (Å²) in [4.78, 5) is 11.5. The monoisotopic (exact) mass is 505 g/mol. The van der Waals surface area contributed by atoms with E-state index in [1.807, 2.05) is 48.0 Å². The van der Waals surface area contributed by atoms with Gasteiger partial charge in [-0.2, -0.15) is 0 Å². The molecule has 2 aromatic carbocycles. The van der Waals surface area contributed by atoms with Crippen LogP contribution in [0.2, 0.25) is 0 Å². The van der Waals surface area contributed by atoms with Crippen molar-refractivity contribution in [1.82, 2.24) is 0 Å². The lowest BCUT2D eigenvalue weighted by Gasteiger charge is -2.15. The van der Waals surface area contributed by atoms with E-state index in [2.05, 4.69) is 41.7 Å². The minimum absolute atomic E-state index is 0.0220. The lowest BCUT2D eigenvalue weighted by Crippen LogP contribution is -2.26. The zero-order valence-electron chi connectivity index (χ0n) is 21.7. The van der Waals surface area contributed by atoms with Crippen LogP contribution in [0.3, 0.4) is 0 Å². The fourth-order valence-corrected chi connectivity index (χ4v) is 4.11. The molecule has 0 atom stereocenters. The first-order valence-corrected chi connectivity index (χ1v) is 12.7. The molecule has 3 rings (SSSR count). The summed E-state index contributed by atoms with van der Waals surface area (Å²) >= 11 is 0. The second kappa shape index (κ2) is 14.8. The molecule has 37 heavy (non-hydrogen) atoms. The number of rotatable bonds is 13. The van der Waals surface area contributed by atoms with Crippen LogP contribution in [-0.4, -0.2) is 73.0 Å². The first-order chi connectivity index (χ1) is 18.1. The van der Waals surface area contributed by atoms with E-state index < -0.39 is 0 Å². The lowest BCUT2D eigenvalue weighted by atomic mass is 9.90. The number of anilines is 1. The summed E-state index contributed by atoms with van der Waals surface area (Å²) in [5, 5.41) is 21.9. The highest BCUT2D eigenvalue weighted by Gasteiger charge is 2.16. The molecule has 0 aromatic heterocycles. The second-order valence-corrected chi connectivity index (χ2v) is 8.46. The van der Waals surface area contributed by atoms with Crippen LogP contribution >= 0.6 is 0 Å². The number of nitrogens with one attached hydrogen (secondary N) is 1. The highest BCUT2D eigenvalue weighted by molar-refractivity contribution is 6.04. The molecule has 0 heterocycles. The number of esters is 1. The Hall–Kier alpha value is -3.68. The van der Waals surface area contributed by atoms with Crippen molar-refractivity contribution in [3.05, 3.63) is 89.5 Å². The maximum Gasteiger partial charge on any atom is 0.305 e. The van der Waals surface area contributed by atoms with E-state index in [4.69, 9.17) is 9.47 Å². The van der Waals surface area contributed by atoms with Crippen molar-refractivity contribution in [1.29, 1.82) is 0 Å². The number of carbonyl (C=O) groups excluding carboxylic acids is 1. The number of benzene rings is 2. The zero-order chi connectivity index (χ0) is 26.5. The molecule has 3 N–H and O–H groups in total. The van der Waals surface area contributed by atoms with Crippen LogP contribution in [0.4, 0.5) is 5.69 Å². The minimum Gasteiger partial charge on any atom is -0.494 e. The van der Waals surface area contributed by atoms with Crippen LogP contribution in [0.1, 0.15) is 30.9 Å². The number of nitrogens with zero attached hydrogens (tertiary/aromatic N) is 1. The van der Waals surface area contributed by atoms with Gasteiger partial charge in [0.1, 0.15) is 19.0 Å². The predicted octanol–water partition coefficient (Wildman–Crippen LogP) is 3.82. The first-order valence-electron chi connectivity index (χ1n) is 12.7. The van der Waals surface area contributed by atoms with Gasteiger partial charge in [0, 0.05) is 31.3 Å². The standard InChI is InChI=1S/C30H36N2O5/c1-3-36-29(35)5-4-22-37-28-16-10-25(11-17-28)30(23-6-12-26(31-2)13-7-23)24-8-14-27(15-9-24)32(18-20-33)19-21-34/h6-17,33-34H,3-5,18-22H2,1-2H3/p+1. The van der Waals surface area contributed by atoms with E-state index in [9.17, 15) is 15.0 Å². The quantitative estimate of drug-likeness (QED) is 0.218. The molecule has 1 aliphatic rings. The van der Waals surface area contributed by atoms with Gasteiger partial charge in [-0.05, 0) is 72.0 Å². The third-order valence-corrected chi connectivity index (χ3v) is 5.97. The van der Waals surface area contributed by atoms with Gasteiger partial charge in [0.05, 0.1) is 13.2 Å². The molecule has 0 bridgehead atoms. The fraction of sp³-hybridized carbons (Fsp3) is 0.333. The molecular formula is C30H37N2O5+. The molecule has 0 amide bonds. The third-order valence-electron chi connectivity index (χ3n) is 5.97. The number of aliphatic hydroxyl groups excluding tert-OH is 2. The van der Waals surface area contributed by atoms with Crippen molar-refractivity contribution in [2.24, 2.45) is 0 Å². The normalized spacial score (nSPS) is 12.4. The van der Waals surface area contributed by atoms with Gasteiger partial charge in [0.2, 0.25) is 0 Å². The van der Waals surface area contributed by atoms with Crippen LogP contribution in [0.5, 0.6) is 5.75 Å². The number of aliphatic hydroxyl groups is 2. The minimum atomic E-state index is -0.202. The summed E-state index contributed by atoms with van der Waals surface area (Å²) < 4.78 is 12.7. The fourth-order valence-electron chi connectivity index (χ4n) is 4.11. The van der Waals surface area contributed by atoms with E-state index in [0.717, 1.165) is 39.4 Å². The maximum atomic E-state index is 11.5. The van der Waals surface area contributed by atoms with E-state index in [1.54, 1.807) is 6.92 Å². The van der Waals surface area contributed by atoms with Crippen LogP contribution in [0, 0.1) is 0 Å². The topological polar surface area (TPSA) is 91.0 Å². The molecule has 7 heteroatoms. The zero-order valence-corrected chi connectivity index (χ0v) is 21.7. The number of allylic oxidation sites excluding steroid dienone is 5. The molecule has 1 aliphatic carbocycles. The molecule has 7 nitrogen and oxygen atoms in total. The molecule has 0 aliphatic heterocycles. The van der Waals surface area contributed by atoms with Crippen LogP contribution in [0.25, 0.3) is 5.57 Å². The van der Waals surface area contributed by atoms with Gasteiger partial charge in [-0.25, -0.2) is 4.58 Å². The van der Waals surface area contributed by atoms with Gasteiger partial charge in [-0.15, -0.1) is 0 Å². The van der Waals surface area contributed by atoms with Gasteiger partial charge < -0.3 is 25.0 Å². The van der Waals surface area contributed by atoms with E-state index in [1.165, 1.54) is 0 Å². The summed E-state index contributed by atoms with van der Waals surface area (Å²) in [5.41, 5.74) is 6.25. The largest absolute Gasteiger partial charge is 0.494 e. The van der Waals surface area contributed by atoms with Gasteiger partial charge in [0.25, 0.3) is 0 Å². The molecule has 196 valence electrons. The second-order valence-electron chi connectivity index (χ2n) is 8.46. The van der Waals surface area contributed by atoms with Gasteiger partial charge in [0.15, 0.2) is 18.8 Å². The first kappa shape index (κ1) is 27.9. The Morgan fingerprint density at radius 1 is 0.892 bits per heavy atom. The molecule has 2 aromatic rings. The summed E-state index contributed by atoms with van der Waals surface area (Å²) in [6.45, 7) is 3.60. The van der Waals surface area contributed by atoms with Gasteiger partial charge >= 0.3 is 5.97 Å². The molecule has 0 fully saturated rings. The Labute approximate surface area is 219 Å². The van der Waals surface area contributed by atoms with Crippen molar-refractivity contribution < 1.29 is 29.1 Å². The Bertz CT molecular complexity index is 1120. The molecule has 0 radical (unpaired) electrons. The smallest absolute Gasteiger partial charge is 0.305 e. The Morgan fingerprint density at radius 3 is 2.03 bits per heavy atom. The summed E-state index contributed by atoms with van der Waals surface area (Å²) in [7, 11) is 1.90. The van der Waals surface area contributed by atoms with Crippen molar-refractivity contribution in [2.75, 3.05) is 51.9 Å². The van der Waals surface area contributed by atoms with Gasteiger partial charge in [-0.1, -0.05) is 24.3 Å². The van der Waals surface area contributed by atoms with Crippen LogP contribution < -0.4 is 10.1 Å². The predicted molar refractivity (Wildman–Crippen MR) is 147 cm³/mol. The van der Waals surface area contributed by atoms with E-state index in [-0.39, 0.29) is 19.2 Å². The summed E-state index contributed by atoms with van der Waals surface area (Å²) in [6, 6.07) is 16.3. The number of hydrogen-bond acceptors (Lipinski definition) is 6. The van der Waals surface area contributed by atoms with Crippen LogP contribution in [0.15, 0.2) is 78.4 Å². The van der Waals surface area contributed by atoms with Crippen molar-refractivity contribution in [3.8, 4) is 5.75 Å². The Morgan fingerprint density at radius 2 is 1.49 bits per heavy atom. The SMILES string of the molecule is CCOC(=O)CCCOc1ccc(C(=C2C=CC(=[N+](CCO)CCO)C=C2)c2ccc(NC)cc2)cc1. The highest BCUT2D eigenvalue weighted by atomic mass is 16.5. The number of carbonyl (C=O) groups is 1.